The molecule has 0 spiro atoms. The maximum Gasteiger partial charge on any atom is 0.315 e. The van der Waals surface area contributed by atoms with Gasteiger partial charge >= 0.3 is 6.03 Å². The Kier molecular flexibility index (Phi) is 17.2. The smallest absolute Gasteiger partial charge is 0.315 e. The first kappa shape index (κ1) is 24.5. The Balaban J connectivity index is 0. The minimum atomic E-state index is -0.811. The number of nitrogens with one attached hydrogen (secondary N) is 3. The molecule has 0 bridgehead atoms. The van der Waals surface area contributed by atoms with Gasteiger partial charge in [-0.2, -0.15) is 11.8 Å². The van der Waals surface area contributed by atoms with E-state index >= 15 is 0 Å². The Bertz CT molecular complexity index is 310. The van der Waals surface area contributed by atoms with Crippen LogP contribution < -0.4 is 16.0 Å². The first-order valence-electron chi connectivity index (χ1n) is 8.67. The molecule has 0 aromatic heterocycles. The molecule has 0 aromatic rings. The van der Waals surface area contributed by atoms with E-state index in [9.17, 15) is 9.59 Å². The molecule has 0 saturated heterocycles. The molecule has 3 N–H and O–H groups in total. The van der Waals surface area contributed by atoms with E-state index in [1.165, 1.54) is 38.4 Å². The van der Waals surface area contributed by atoms with Crippen LogP contribution in [0.4, 0.5) is 4.79 Å². The van der Waals surface area contributed by atoms with Gasteiger partial charge < -0.3 is 16.0 Å². The summed E-state index contributed by atoms with van der Waals surface area (Å²) in [6.45, 7) is 11.2. The van der Waals surface area contributed by atoms with Crippen molar-refractivity contribution in [1.82, 2.24) is 16.0 Å². The average molecular weight is 348 g/mol. The molecule has 0 heterocycles. The Labute approximate surface area is 147 Å². The van der Waals surface area contributed by atoms with Gasteiger partial charge in [-0.1, -0.05) is 26.7 Å². The van der Waals surface area contributed by atoms with Crippen molar-refractivity contribution < 1.29 is 9.59 Å². The Hall–Kier alpha value is -0.750. The summed E-state index contributed by atoms with van der Waals surface area (Å²) in [6, 6.07) is -0.297. The Morgan fingerprint density at radius 1 is 0.957 bits per heavy atom. The van der Waals surface area contributed by atoms with Gasteiger partial charge in [0, 0.05) is 13.1 Å². The zero-order chi connectivity index (χ0) is 18.1. The molecule has 0 rings (SSSR count). The van der Waals surface area contributed by atoms with Gasteiger partial charge in [-0.05, 0) is 52.2 Å². The van der Waals surface area contributed by atoms with Crippen LogP contribution in [0.5, 0.6) is 0 Å². The molecular formula is C17H37N3O2S. The van der Waals surface area contributed by atoms with Gasteiger partial charge in [-0.3, -0.25) is 4.79 Å². The van der Waals surface area contributed by atoms with E-state index in [4.69, 9.17) is 0 Å². The van der Waals surface area contributed by atoms with E-state index < -0.39 is 5.54 Å². The molecule has 138 valence electrons. The lowest BCUT2D eigenvalue weighted by Gasteiger charge is -2.23. The molecule has 5 nitrogen and oxygen atoms in total. The third-order valence-electron chi connectivity index (χ3n) is 3.35. The van der Waals surface area contributed by atoms with Gasteiger partial charge in [-0.15, -0.1) is 0 Å². The van der Waals surface area contributed by atoms with Crippen LogP contribution in [-0.2, 0) is 4.79 Å². The van der Waals surface area contributed by atoms with Crippen molar-refractivity contribution in [2.24, 2.45) is 0 Å². The van der Waals surface area contributed by atoms with Crippen molar-refractivity contribution in [3.8, 4) is 0 Å². The number of unbranched alkanes of at least 4 members (excludes halogenated alkanes) is 3. The second-order valence-electron chi connectivity index (χ2n) is 5.72. The molecule has 0 saturated carbocycles. The zero-order valence-corrected chi connectivity index (χ0v) is 16.7. The van der Waals surface area contributed by atoms with Gasteiger partial charge in [0.15, 0.2) is 5.78 Å². The average Bonchev–Trinajstić information content (AvgIpc) is 2.50. The normalized spacial score (nSPS) is 10.5. The van der Waals surface area contributed by atoms with Gasteiger partial charge in [-0.25, -0.2) is 4.79 Å². The quantitative estimate of drug-likeness (QED) is 0.474. The van der Waals surface area contributed by atoms with Crippen molar-refractivity contribution in [2.45, 2.75) is 65.8 Å². The third-order valence-corrected chi connectivity index (χ3v) is 4.04. The fourth-order valence-electron chi connectivity index (χ4n) is 1.66. The van der Waals surface area contributed by atoms with Gasteiger partial charge in [0.05, 0.1) is 5.54 Å². The third kappa shape index (κ3) is 15.9. The maximum atomic E-state index is 11.6. The minimum Gasteiger partial charge on any atom is -0.337 e. The molecule has 0 atom stereocenters. The fraction of sp³-hybridized carbons (Fsp3) is 0.882. The SMILES string of the molecule is CC.CSCCCCCCNCCNC(=O)NC(C)(C)C(C)=O. The summed E-state index contributed by atoms with van der Waals surface area (Å²) in [4.78, 5) is 22.9. The monoisotopic (exact) mass is 347 g/mol. The van der Waals surface area contributed by atoms with Gasteiger partial charge in [0.25, 0.3) is 0 Å². The van der Waals surface area contributed by atoms with Crippen LogP contribution in [-0.4, -0.2) is 49.0 Å². The van der Waals surface area contributed by atoms with Crippen molar-refractivity contribution >= 4 is 23.6 Å². The van der Waals surface area contributed by atoms with Gasteiger partial charge in [0.2, 0.25) is 0 Å². The standard InChI is InChI=1S/C15H31N3O2S.C2H6/c1-13(19)15(2,3)18-14(20)17-11-10-16-9-7-5-6-8-12-21-4;1-2/h16H,5-12H2,1-4H3,(H2,17,18,20);1-2H3. The lowest BCUT2D eigenvalue weighted by Crippen LogP contribution is -2.53. The highest BCUT2D eigenvalue weighted by atomic mass is 32.2. The molecule has 2 amide bonds. The predicted octanol–water partition coefficient (Wildman–Crippen LogP) is 3.19. The topological polar surface area (TPSA) is 70.2 Å². The first-order chi connectivity index (χ1) is 10.9. The number of ketones is 1. The summed E-state index contributed by atoms with van der Waals surface area (Å²) in [5, 5.41) is 8.70. The Morgan fingerprint density at radius 3 is 2.13 bits per heavy atom. The fourth-order valence-corrected chi connectivity index (χ4v) is 2.15. The molecule has 0 aromatic carbocycles. The molecule has 6 heteroatoms. The Morgan fingerprint density at radius 2 is 1.57 bits per heavy atom. The number of amides is 2. The predicted molar refractivity (Wildman–Crippen MR) is 102 cm³/mol. The maximum absolute atomic E-state index is 11.6. The summed E-state index contributed by atoms with van der Waals surface area (Å²) in [5.74, 6) is 1.19. The van der Waals surface area contributed by atoms with E-state index in [1.54, 1.807) is 13.8 Å². The number of carbonyl (C=O) groups excluding carboxylic acids is 2. The van der Waals surface area contributed by atoms with E-state index in [2.05, 4.69) is 22.2 Å². The molecule has 0 fully saturated rings. The highest BCUT2D eigenvalue weighted by Crippen LogP contribution is 2.04. The van der Waals surface area contributed by atoms with E-state index in [0.717, 1.165) is 13.1 Å². The van der Waals surface area contributed by atoms with E-state index in [-0.39, 0.29) is 11.8 Å². The number of rotatable bonds is 12. The summed E-state index contributed by atoms with van der Waals surface area (Å²) >= 11 is 1.90. The molecular weight excluding hydrogens is 310 g/mol. The van der Waals surface area contributed by atoms with Crippen LogP contribution in [0.3, 0.4) is 0 Å². The lowest BCUT2D eigenvalue weighted by atomic mass is 10.0. The van der Waals surface area contributed by atoms with Crippen LogP contribution in [0.15, 0.2) is 0 Å². The summed E-state index contributed by atoms with van der Waals surface area (Å²) < 4.78 is 0. The molecule has 0 aliphatic rings. The molecule has 0 unspecified atom stereocenters. The largest absolute Gasteiger partial charge is 0.337 e. The van der Waals surface area contributed by atoms with Crippen LogP contribution in [0.25, 0.3) is 0 Å². The number of urea groups is 1. The first-order valence-corrected chi connectivity index (χ1v) is 10.1. The summed E-state index contributed by atoms with van der Waals surface area (Å²) in [6.07, 6.45) is 7.17. The van der Waals surface area contributed by atoms with Crippen molar-refractivity contribution in [2.75, 3.05) is 31.6 Å². The number of thioether (sulfide) groups is 1. The highest BCUT2D eigenvalue weighted by Gasteiger charge is 2.25. The van der Waals surface area contributed by atoms with Crippen molar-refractivity contribution in [1.29, 1.82) is 0 Å². The van der Waals surface area contributed by atoms with Crippen molar-refractivity contribution in [3.05, 3.63) is 0 Å². The van der Waals surface area contributed by atoms with E-state index in [1.807, 2.05) is 25.6 Å². The molecule has 0 aliphatic heterocycles. The molecule has 0 radical (unpaired) electrons. The second-order valence-corrected chi connectivity index (χ2v) is 6.70. The zero-order valence-electron chi connectivity index (χ0n) is 15.9. The lowest BCUT2D eigenvalue weighted by molar-refractivity contribution is -0.121. The van der Waals surface area contributed by atoms with Gasteiger partial charge in [0.1, 0.15) is 0 Å². The highest BCUT2D eigenvalue weighted by molar-refractivity contribution is 7.98. The van der Waals surface area contributed by atoms with E-state index in [0.29, 0.717) is 6.54 Å². The van der Waals surface area contributed by atoms with Crippen LogP contribution in [0.1, 0.15) is 60.3 Å². The second kappa shape index (κ2) is 16.1. The number of hydrogen-bond acceptors (Lipinski definition) is 4. The van der Waals surface area contributed by atoms with Crippen molar-refractivity contribution in [3.63, 3.8) is 0 Å². The minimum absolute atomic E-state index is 0.0581. The summed E-state index contributed by atoms with van der Waals surface area (Å²) in [5.41, 5.74) is -0.811. The molecule has 0 aliphatic carbocycles. The van der Waals surface area contributed by atoms with Crippen LogP contribution in [0.2, 0.25) is 0 Å². The van der Waals surface area contributed by atoms with Crippen LogP contribution in [0, 0.1) is 0 Å². The number of Topliss-reactive ketones (excluding diaryl/α,β-unsaturated/α-hetero) is 1. The van der Waals surface area contributed by atoms with Crippen LogP contribution >= 0.6 is 11.8 Å². The number of carbonyl (C=O) groups is 2. The molecule has 23 heavy (non-hydrogen) atoms. The number of hydrogen-bond donors (Lipinski definition) is 3. The summed E-state index contributed by atoms with van der Waals surface area (Å²) in [7, 11) is 0.